The van der Waals surface area contributed by atoms with E-state index in [9.17, 15) is 4.79 Å². The van der Waals surface area contributed by atoms with Crippen molar-refractivity contribution in [1.82, 2.24) is 4.98 Å². The van der Waals surface area contributed by atoms with Gasteiger partial charge in [0.25, 0.3) is 5.91 Å². The molecular formula is C23H32N4O. The predicted molar refractivity (Wildman–Crippen MR) is 118 cm³/mol. The minimum absolute atomic E-state index is 0.161. The largest absolute Gasteiger partial charge is 0.372 e. The van der Waals surface area contributed by atoms with Gasteiger partial charge >= 0.3 is 0 Å². The molecule has 0 bridgehead atoms. The van der Waals surface area contributed by atoms with Crippen LogP contribution < -0.4 is 15.1 Å². The molecule has 0 radical (unpaired) electrons. The zero-order valence-corrected chi connectivity index (χ0v) is 17.5. The molecule has 1 aliphatic rings. The molecule has 1 N–H and O–H groups in total. The number of carbonyl (C=O) groups excluding carboxylic acids is 1. The van der Waals surface area contributed by atoms with Crippen molar-refractivity contribution in [2.24, 2.45) is 5.92 Å². The van der Waals surface area contributed by atoms with Crippen LogP contribution in [0.5, 0.6) is 0 Å². The van der Waals surface area contributed by atoms with Crippen molar-refractivity contribution in [3.05, 3.63) is 47.8 Å². The first-order chi connectivity index (χ1) is 13.5. The van der Waals surface area contributed by atoms with Crippen molar-refractivity contribution in [2.45, 2.75) is 40.5 Å². The van der Waals surface area contributed by atoms with E-state index in [0.29, 0.717) is 11.6 Å². The number of hydrogen-bond acceptors (Lipinski definition) is 4. The Balaban J connectivity index is 1.73. The Hall–Kier alpha value is -2.56. The SMILES string of the molecule is CCN(CC)c1ccc(NC(=O)c2cc(N3CCCC(C)C3)ccn2)c(C)c1. The second-order valence-corrected chi connectivity index (χ2v) is 7.72. The van der Waals surface area contributed by atoms with Gasteiger partial charge in [-0.2, -0.15) is 0 Å². The van der Waals surface area contributed by atoms with Gasteiger partial charge in [0.2, 0.25) is 0 Å². The summed E-state index contributed by atoms with van der Waals surface area (Å²) in [5.41, 5.74) is 4.61. The summed E-state index contributed by atoms with van der Waals surface area (Å²) in [5, 5.41) is 3.03. The van der Waals surface area contributed by atoms with E-state index in [1.807, 2.05) is 25.1 Å². The fourth-order valence-corrected chi connectivity index (χ4v) is 3.92. The molecule has 0 spiro atoms. The normalized spacial score (nSPS) is 16.7. The molecule has 1 aliphatic heterocycles. The summed E-state index contributed by atoms with van der Waals surface area (Å²) in [6.45, 7) is 12.6. The lowest BCUT2D eigenvalue weighted by atomic mass is 10.00. The summed E-state index contributed by atoms with van der Waals surface area (Å²) in [6.07, 6.45) is 4.21. The number of nitrogens with one attached hydrogen (secondary N) is 1. The predicted octanol–water partition coefficient (Wildman–Crippen LogP) is 4.72. The van der Waals surface area contributed by atoms with Crippen LogP contribution in [0.3, 0.4) is 0 Å². The van der Waals surface area contributed by atoms with E-state index in [1.54, 1.807) is 6.20 Å². The van der Waals surface area contributed by atoms with Crippen LogP contribution in [0.1, 0.15) is 49.7 Å². The molecule has 0 saturated carbocycles. The maximum absolute atomic E-state index is 12.8. The van der Waals surface area contributed by atoms with E-state index in [2.05, 4.69) is 53.0 Å². The summed E-state index contributed by atoms with van der Waals surface area (Å²) in [5.74, 6) is 0.525. The number of aryl methyl sites for hydroxylation is 1. The van der Waals surface area contributed by atoms with Gasteiger partial charge in [-0.05, 0) is 75.4 Å². The summed E-state index contributed by atoms with van der Waals surface area (Å²) in [6, 6.07) is 10.1. The van der Waals surface area contributed by atoms with Gasteiger partial charge in [-0.1, -0.05) is 6.92 Å². The molecule has 0 aliphatic carbocycles. The number of hydrogen-bond donors (Lipinski definition) is 1. The minimum atomic E-state index is -0.161. The van der Waals surface area contributed by atoms with Gasteiger partial charge in [0.05, 0.1) is 0 Å². The highest BCUT2D eigenvalue weighted by molar-refractivity contribution is 6.03. The first kappa shape index (κ1) is 20.2. The minimum Gasteiger partial charge on any atom is -0.372 e. The van der Waals surface area contributed by atoms with Crippen molar-refractivity contribution in [2.75, 3.05) is 41.3 Å². The monoisotopic (exact) mass is 380 g/mol. The Morgan fingerprint density at radius 3 is 2.71 bits per heavy atom. The molecule has 1 amide bonds. The lowest BCUT2D eigenvalue weighted by Crippen LogP contribution is -2.34. The lowest BCUT2D eigenvalue weighted by Gasteiger charge is -2.32. The first-order valence-corrected chi connectivity index (χ1v) is 10.4. The number of piperidine rings is 1. The zero-order valence-electron chi connectivity index (χ0n) is 17.5. The van der Waals surface area contributed by atoms with E-state index in [0.717, 1.165) is 43.1 Å². The van der Waals surface area contributed by atoms with Gasteiger partial charge in [-0.15, -0.1) is 0 Å². The van der Waals surface area contributed by atoms with Gasteiger partial charge in [0.15, 0.2) is 0 Å². The van der Waals surface area contributed by atoms with E-state index < -0.39 is 0 Å². The van der Waals surface area contributed by atoms with Crippen LogP contribution in [0, 0.1) is 12.8 Å². The van der Waals surface area contributed by atoms with Gasteiger partial charge in [0.1, 0.15) is 5.69 Å². The standard InChI is InChI=1S/C23H32N4O/c1-5-26(6-2)19-9-10-21(18(4)14-19)25-23(28)22-15-20(11-12-24-22)27-13-7-8-17(3)16-27/h9-12,14-15,17H,5-8,13,16H2,1-4H3,(H,25,28). The third-order valence-corrected chi connectivity index (χ3v) is 5.59. The van der Waals surface area contributed by atoms with Gasteiger partial charge in [-0.25, -0.2) is 0 Å². The van der Waals surface area contributed by atoms with Gasteiger partial charge in [-0.3, -0.25) is 9.78 Å². The Morgan fingerprint density at radius 2 is 2.04 bits per heavy atom. The molecule has 1 saturated heterocycles. The number of pyridine rings is 1. The van der Waals surface area contributed by atoms with Crippen LogP contribution in [0.4, 0.5) is 17.1 Å². The zero-order chi connectivity index (χ0) is 20.1. The van der Waals surface area contributed by atoms with Crippen molar-refractivity contribution in [3.8, 4) is 0 Å². The first-order valence-electron chi connectivity index (χ1n) is 10.4. The topological polar surface area (TPSA) is 48.5 Å². The quantitative estimate of drug-likeness (QED) is 0.787. The molecule has 1 unspecified atom stereocenters. The average molecular weight is 381 g/mol. The molecule has 2 heterocycles. The second-order valence-electron chi connectivity index (χ2n) is 7.72. The fourth-order valence-electron chi connectivity index (χ4n) is 3.92. The van der Waals surface area contributed by atoms with Crippen LogP contribution in [-0.4, -0.2) is 37.1 Å². The van der Waals surface area contributed by atoms with Crippen LogP contribution in [0.25, 0.3) is 0 Å². The number of nitrogens with zero attached hydrogens (tertiary/aromatic N) is 3. The van der Waals surface area contributed by atoms with Crippen molar-refractivity contribution < 1.29 is 4.79 Å². The number of rotatable bonds is 6. The highest BCUT2D eigenvalue weighted by Gasteiger charge is 2.18. The molecule has 150 valence electrons. The van der Waals surface area contributed by atoms with Crippen LogP contribution in [0.15, 0.2) is 36.5 Å². The molecule has 1 atom stereocenters. The van der Waals surface area contributed by atoms with Gasteiger partial charge in [0, 0.05) is 49.4 Å². The number of aromatic nitrogens is 1. The summed E-state index contributed by atoms with van der Waals surface area (Å²) in [4.78, 5) is 21.8. The Kier molecular flexibility index (Phi) is 6.55. The Labute approximate surface area is 168 Å². The summed E-state index contributed by atoms with van der Waals surface area (Å²) in [7, 11) is 0. The molecule has 1 aromatic heterocycles. The van der Waals surface area contributed by atoms with Crippen LogP contribution in [0.2, 0.25) is 0 Å². The fraction of sp³-hybridized carbons (Fsp3) is 0.478. The molecule has 5 nitrogen and oxygen atoms in total. The molecule has 5 heteroatoms. The third-order valence-electron chi connectivity index (χ3n) is 5.59. The van der Waals surface area contributed by atoms with E-state index in [-0.39, 0.29) is 5.91 Å². The maximum atomic E-state index is 12.8. The number of carbonyl (C=O) groups is 1. The van der Waals surface area contributed by atoms with E-state index >= 15 is 0 Å². The Morgan fingerprint density at radius 1 is 1.25 bits per heavy atom. The summed E-state index contributed by atoms with van der Waals surface area (Å²) < 4.78 is 0. The lowest BCUT2D eigenvalue weighted by molar-refractivity contribution is 0.102. The third kappa shape index (κ3) is 4.64. The number of anilines is 3. The van der Waals surface area contributed by atoms with E-state index in [4.69, 9.17) is 0 Å². The van der Waals surface area contributed by atoms with E-state index in [1.165, 1.54) is 18.5 Å². The summed E-state index contributed by atoms with van der Waals surface area (Å²) >= 11 is 0. The van der Waals surface area contributed by atoms with Crippen molar-refractivity contribution >= 4 is 23.0 Å². The maximum Gasteiger partial charge on any atom is 0.274 e. The molecular weight excluding hydrogens is 348 g/mol. The highest BCUT2D eigenvalue weighted by atomic mass is 16.1. The van der Waals surface area contributed by atoms with Crippen LogP contribution in [-0.2, 0) is 0 Å². The second kappa shape index (κ2) is 9.09. The Bertz CT molecular complexity index is 816. The number of amides is 1. The van der Waals surface area contributed by atoms with Gasteiger partial charge < -0.3 is 15.1 Å². The molecule has 1 fully saturated rings. The molecule has 2 aromatic rings. The van der Waals surface area contributed by atoms with Crippen molar-refractivity contribution in [1.29, 1.82) is 0 Å². The molecule has 28 heavy (non-hydrogen) atoms. The van der Waals surface area contributed by atoms with Crippen molar-refractivity contribution in [3.63, 3.8) is 0 Å². The molecule has 1 aromatic carbocycles. The highest BCUT2D eigenvalue weighted by Crippen LogP contribution is 2.25. The van der Waals surface area contributed by atoms with Crippen LogP contribution >= 0.6 is 0 Å². The number of benzene rings is 1. The smallest absolute Gasteiger partial charge is 0.274 e. The molecule has 3 rings (SSSR count). The average Bonchev–Trinajstić information content (AvgIpc) is 2.71.